The van der Waals surface area contributed by atoms with Gasteiger partial charge in [-0.2, -0.15) is 0 Å². The number of hydrogen-bond donors (Lipinski definition) is 1. The molecule has 0 radical (unpaired) electrons. The molecule has 162 valence electrons. The van der Waals surface area contributed by atoms with Crippen molar-refractivity contribution < 1.29 is 9.53 Å². The van der Waals surface area contributed by atoms with E-state index in [1.165, 1.54) is 48.9 Å². The molecule has 0 aromatic heterocycles. The number of carbonyl (C=O) groups excluding carboxylic acids is 1. The standard InChI is InChI=1S/C25H40N2O2/c1-6-11-22-18-23(15-14-20(22)2)27(19-21-12-8-7-9-13-21)17-10-16-26-24(28)29-25(3,4)5/h6,11,14-15,18,21H,7-10,12-13,16-17,19H2,1-5H3,(H,26,28)/b11-6-. The minimum atomic E-state index is -0.456. The highest BCUT2D eigenvalue weighted by atomic mass is 16.6. The quantitative estimate of drug-likeness (QED) is 0.518. The fourth-order valence-corrected chi connectivity index (χ4v) is 3.97. The Bertz CT molecular complexity index is 670. The van der Waals surface area contributed by atoms with E-state index in [1.807, 2.05) is 20.8 Å². The van der Waals surface area contributed by atoms with E-state index in [0.717, 1.165) is 25.4 Å². The van der Waals surface area contributed by atoms with Gasteiger partial charge in [-0.15, -0.1) is 0 Å². The second-order valence-corrected chi connectivity index (χ2v) is 9.27. The average molecular weight is 401 g/mol. The summed E-state index contributed by atoms with van der Waals surface area (Å²) in [6, 6.07) is 6.77. The molecule has 4 heteroatoms. The van der Waals surface area contributed by atoms with Gasteiger partial charge in [0.25, 0.3) is 0 Å². The lowest BCUT2D eigenvalue weighted by atomic mass is 9.88. The fourth-order valence-electron chi connectivity index (χ4n) is 3.97. The summed E-state index contributed by atoms with van der Waals surface area (Å²) in [7, 11) is 0. The number of amides is 1. The van der Waals surface area contributed by atoms with Gasteiger partial charge in [-0.1, -0.05) is 37.5 Å². The Morgan fingerprint density at radius 1 is 1.24 bits per heavy atom. The normalized spacial score (nSPS) is 15.5. The van der Waals surface area contributed by atoms with Gasteiger partial charge in [0.1, 0.15) is 5.60 Å². The highest BCUT2D eigenvalue weighted by Gasteiger charge is 2.19. The Morgan fingerprint density at radius 2 is 1.97 bits per heavy atom. The number of nitrogens with one attached hydrogen (secondary N) is 1. The van der Waals surface area contributed by atoms with Crippen LogP contribution in [-0.2, 0) is 4.74 Å². The number of aryl methyl sites for hydroxylation is 1. The summed E-state index contributed by atoms with van der Waals surface area (Å²) in [6.07, 6.45) is 11.6. The molecule has 29 heavy (non-hydrogen) atoms. The van der Waals surface area contributed by atoms with Crippen LogP contribution in [0.2, 0.25) is 0 Å². The number of hydrogen-bond acceptors (Lipinski definition) is 3. The van der Waals surface area contributed by atoms with Crippen LogP contribution >= 0.6 is 0 Å². The molecule has 1 N–H and O–H groups in total. The van der Waals surface area contributed by atoms with Crippen LogP contribution in [0.1, 0.15) is 77.3 Å². The van der Waals surface area contributed by atoms with Gasteiger partial charge in [-0.25, -0.2) is 4.79 Å². The Kier molecular flexibility index (Phi) is 9.06. The minimum absolute atomic E-state index is 0.331. The molecule has 1 saturated carbocycles. The predicted octanol–water partition coefficient (Wildman–Crippen LogP) is 6.33. The van der Waals surface area contributed by atoms with Gasteiger partial charge in [0.2, 0.25) is 0 Å². The summed E-state index contributed by atoms with van der Waals surface area (Å²) in [5, 5.41) is 2.89. The van der Waals surface area contributed by atoms with Gasteiger partial charge in [-0.05, 0) is 83.1 Å². The number of alkyl carbamates (subject to hydrolysis) is 1. The lowest BCUT2D eigenvalue weighted by Gasteiger charge is -2.32. The van der Waals surface area contributed by atoms with Crippen molar-refractivity contribution in [1.29, 1.82) is 0 Å². The molecule has 0 unspecified atom stereocenters. The largest absolute Gasteiger partial charge is 0.444 e. The molecule has 1 aliphatic rings. The molecule has 1 aliphatic carbocycles. The average Bonchev–Trinajstić information content (AvgIpc) is 2.65. The van der Waals surface area contributed by atoms with Crippen molar-refractivity contribution in [2.45, 2.75) is 78.7 Å². The van der Waals surface area contributed by atoms with Crippen LogP contribution in [0.15, 0.2) is 24.3 Å². The van der Waals surface area contributed by atoms with Gasteiger partial charge in [0, 0.05) is 25.3 Å². The topological polar surface area (TPSA) is 41.6 Å². The second-order valence-electron chi connectivity index (χ2n) is 9.27. The summed E-state index contributed by atoms with van der Waals surface area (Å²) in [5.74, 6) is 0.772. The Morgan fingerprint density at radius 3 is 2.62 bits per heavy atom. The first-order valence-corrected chi connectivity index (χ1v) is 11.2. The van der Waals surface area contributed by atoms with Crippen LogP contribution in [0.4, 0.5) is 10.5 Å². The summed E-state index contributed by atoms with van der Waals surface area (Å²) in [4.78, 5) is 14.4. The van der Waals surface area contributed by atoms with E-state index >= 15 is 0 Å². The molecule has 0 saturated heterocycles. The molecule has 4 nitrogen and oxygen atoms in total. The van der Waals surface area contributed by atoms with Crippen molar-refractivity contribution in [3.05, 3.63) is 35.4 Å². The molecule has 1 aromatic carbocycles. The van der Waals surface area contributed by atoms with Gasteiger partial charge in [0.05, 0.1) is 0 Å². The molecule has 1 fully saturated rings. The number of ether oxygens (including phenoxy) is 1. The lowest BCUT2D eigenvalue weighted by molar-refractivity contribution is 0.0527. The molecule has 2 rings (SSSR count). The molecule has 1 aromatic rings. The van der Waals surface area contributed by atoms with Gasteiger partial charge in [0.15, 0.2) is 0 Å². The van der Waals surface area contributed by atoms with Crippen molar-refractivity contribution in [2.75, 3.05) is 24.5 Å². The zero-order valence-electron chi connectivity index (χ0n) is 19.1. The maximum Gasteiger partial charge on any atom is 0.407 e. The van der Waals surface area contributed by atoms with E-state index in [9.17, 15) is 4.79 Å². The number of rotatable bonds is 8. The number of allylic oxidation sites excluding steroid dienone is 1. The molecular weight excluding hydrogens is 360 g/mol. The molecule has 1 amide bonds. The number of carbonyl (C=O) groups is 1. The minimum Gasteiger partial charge on any atom is -0.444 e. The van der Waals surface area contributed by atoms with Gasteiger partial charge < -0.3 is 15.0 Å². The Balaban J connectivity index is 1.99. The molecular formula is C25H40N2O2. The maximum absolute atomic E-state index is 11.9. The first kappa shape index (κ1) is 23.3. The molecule has 0 heterocycles. The van der Waals surface area contributed by atoms with E-state index in [-0.39, 0.29) is 6.09 Å². The van der Waals surface area contributed by atoms with Crippen molar-refractivity contribution in [3.63, 3.8) is 0 Å². The molecule has 0 bridgehead atoms. The highest BCUT2D eigenvalue weighted by Crippen LogP contribution is 2.28. The smallest absolute Gasteiger partial charge is 0.407 e. The zero-order valence-corrected chi connectivity index (χ0v) is 19.1. The van der Waals surface area contributed by atoms with Crippen LogP contribution < -0.4 is 10.2 Å². The van der Waals surface area contributed by atoms with Crippen LogP contribution in [0, 0.1) is 12.8 Å². The van der Waals surface area contributed by atoms with E-state index in [0.29, 0.717) is 6.54 Å². The van der Waals surface area contributed by atoms with Crippen molar-refractivity contribution in [2.24, 2.45) is 5.92 Å². The van der Waals surface area contributed by atoms with E-state index in [4.69, 9.17) is 4.74 Å². The lowest BCUT2D eigenvalue weighted by Crippen LogP contribution is -2.36. The third-order valence-electron chi connectivity index (χ3n) is 5.45. The maximum atomic E-state index is 11.9. The van der Waals surface area contributed by atoms with Crippen molar-refractivity contribution in [3.8, 4) is 0 Å². The van der Waals surface area contributed by atoms with E-state index in [1.54, 1.807) is 0 Å². The first-order valence-electron chi connectivity index (χ1n) is 11.2. The Labute approximate surface area is 177 Å². The van der Waals surface area contributed by atoms with E-state index in [2.05, 4.69) is 54.4 Å². The summed E-state index contributed by atoms with van der Waals surface area (Å²) in [6.45, 7) is 12.6. The summed E-state index contributed by atoms with van der Waals surface area (Å²) >= 11 is 0. The zero-order chi connectivity index (χ0) is 21.3. The molecule has 0 aliphatic heterocycles. The predicted molar refractivity (Wildman–Crippen MR) is 124 cm³/mol. The fraction of sp³-hybridized carbons (Fsp3) is 0.640. The van der Waals surface area contributed by atoms with Gasteiger partial charge in [-0.3, -0.25) is 0 Å². The monoisotopic (exact) mass is 400 g/mol. The number of anilines is 1. The number of benzene rings is 1. The summed E-state index contributed by atoms with van der Waals surface area (Å²) in [5.41, 5.74) is 3.41. The van der Waals surface area contributed by atoms with Crippen LogP contribution in [0.25, 0.3) is 6.08 Å². The first-order chi connectivity index (χ1) is 13.8. The Hall–Kier alpha value is -1.97. The van der Waals surface area contributed by atoms with Crippen LogP contribution in [0.3, 0.4) is 0 Å². The number of nitrogens with zero attached hydrogens (tertiary/aromatic N) is 1. The third-order valence-corrected chi connectivity index (χ3v) is 5.45. The third kappa shape index (κ3) is 8.51. The van der Waals surface area contributed by atoms with Gasteiger partial charge >= 0.3 is 6.09 Å². The van der Waals surface area contributed by atoms with Crippen LogP contribution in [-0.4, -0.2) is 31.3 Å². The second kappa shape index (κ2) is 11.3. The van der Waals surface area contributed by atoms with Crippen molar-refractivity contribution in [1.82, 2.24) is 5.32 Å². The van der Waals surface area contributed by atoms with Crippen LogP contribution in [0.5, 0.6) is 0 Å². The molecule has 0 spiro atoms. The highest BCUT2D eigenvalue weighted by molar-refractivity contribution is 5.67. The van der Waals surface area contributed by atoms with E-state index < -0.39 is 5.60 Å². The molecule has 0 atom stereocenters. The van der Waals surface area contributed by atoms with Crippen molar-refractivity contribution >= 4 is 17.9 Å². The summed E-state index contributed by atoms with van der Waals surface area (Å²) < 4.78 is 5.34. The SMILES string of the molecule is C/C=C\c1cc(N(CCCNC(=O)OC(C)(C)C)CC2CCCCC2)ccc1C.